The molecular formula is C30H34ClN5O3. The van der Waals surface area contributed by atoms with Gasteiger partial charge in [-0.1, -0.05) is 23.7 Å². The largest absolute Gasteiger partial charge is 0.446 e. The van der Waals surface area contributed by atoms with Crippen molar-refractivity contribution >= 4 is 29.3 Å². The number of carbonyl (C=O) groups is 1. The number of aryl methyl sites for hydroxylation is 1. The summed E-state index contributed by atoms with van der Waals surface area (Å²) in [6.45, 7) is 4.32. The summed E-state index contributed by atoms with van der Waals surface area (Å²) in [5, 5.41) is 12.6. The van der Waals surface area contributed by atoms with E-state index in [9.17, 15) is 9.90 Å². The average molecular weight is 548 g/mol. The van der Waals surface area contributed by atoms with Crippen LogP contribution in [0.25, 0.3) is 11.6 Å². The molecule has 0 unspecified atom stereocenters. The lowest BCUT2D eigenvalue weighted by Gasteiger charge is -2.39. The Morgan fingerprint density at radius 3 is 2.64 bits per heavy atom. The molecule has 6 rings (SSSR count). The summed E-state index contributed by atoms with van der Waals surface area (Å²) in [5.41, 5.74) is 3.83. The highest BCUT2D eigenvalue weighted by Gasteiger charge is 2.39. The predicted molar refractivity (Wildman–Crippen MR) is 150 cm³/mol. The van der Waals surface area contributed by atoms with Gasteiger partial charge in [0.15, 0.2) is 0 Å². The van der Waals surface area contributed by atoms with Crippen molar-refractivity contribution in [1.29, 1.82) is 0 Å². The molecule has 2 aromatic heterocycles. The minimum absolute atomic E-state index is 0.0572. The van der Waals surface area contributed by atoms with Crippen LogP contribution >= 0.6 is 11.6 Å². The van der Waals surface area contributed by atoms with E-state index >= 15 is 0 Å². The molecule has 8 nitrogen and oxygen atoms in total. The maximum Gasteiger partial charge on any atom is 0.410 e. The number of aliphatic hydroxyl groups is 1. The monoisotopic (exact) mass is 547 g/mol. The highest BCUT2D eigenvalue weighted by Crippen LogP contribution is 2.46. The molecule has 1 aromatic carbocycles. The van der Waals surface area contributed by atoms with Gasteiger partial charge in [-0.15, -0.1) is 0 Å². The molecule has 0 spiro atoms. The SMILES string of the molecule is Cn1cncc1[C@](C)(O)C1=Cc2cccnc2[C@@H](N2CCN(C(=O)OC3CCCC3)CC2)c2ccc(Cl)cc21. The first-order chi connectivity index (χ1) is 18.8. The Bertz CT molecular complexity index is 1400. The van der Waals surface area contributed by atoms with Crippen LogP contribution in [0.5, 0.6) is 0 Å². The molecule has 3 aromatic rings. The van der Waals surface area contributed by atoms with Gasteiger partial charge in [0.05, 0.1) is 30.0 Å². The molecule has 1 aliphatic heterocycles. The standard InChI is InChI=1S/C30H34ClN5O3/c1-30(38,26-18-32-19-34(26)2)25-16-20-6-5-11-33-27(20)28(23-10-9-21(31)17-24(23)25)35-12-14-36(15-13-35)29(37)39-22-7-3-4-8-22/h5-6,9-11,16-19,22,28,38H,3-4,7-8,12-15H2,1-2H3/t28-,30+/m0/s1. The van der Waals surface area contributed by atoms with Gasteiger partial charge >= 0.3 is 6.09 Å². The minimum atomic E-state index is -1.34. The van der Waals surface area contributed by atoms with Crippen molar-refractivity contribution < 1.29 is 14.6 Å². The molecule has 1 amide bonds. The highest BCUT2D eigenvalue weighted by atomic mass is 35.5. The number of halogens is 1. The maximum absolute atomic E-state index is 12.8. The molecule has 2 atom stereocenters. The molecule has 2 fully saturated rings. The molecule has 1 saturated carbocycles. The summed E-state index contributed by atoms with van der Waals surface area (Å²) in [6.07, 6.45) is 11.3. The Morgan fingerprint density at radius 1 is 1.15 bits per heavy atom. The van der Waals surface area contributed by atoms with Crippen LogP contribution in [0.1, 0.15) is 66.7 Å². The zero-order valence-corrected chi connectivity index (χ0v) is 23.1. The Hall–Kier alpha value is -3.20. The second-order valence-electron chi connectivity index (χ2n) is 10.9. The molecule has 3 heterocycles. The molecule has 0 radical (unpaired) electrons. The van der Waals surface area contributed by atoms with Crippen molar-refractivity contribution in [3.63, 3.8) is 0 Å². The van der Waals surface area contributed by atoms with Gasteiger partial charge in [-0.05, 0) is 79.1 Å². The number of ether oxygens (including phenoxy) is 1. The molecule has 204 valence electrons. The number of rotatable bonds is 4. The minimum Gasteiger partial charge on any atom is -0.446 e. The maximum atomic E-state index is 12.8. The summed E-state index contributed by atoms with van der Waals surface area (Å²) < 4.78 is 7.61. The van der Waals surface area contributed by atoms with Crippen LogP contribution in [0, 0.1) is 0 Å². The van der Waals surface area contributed by atoms with Crippen LogP contribution in [-0.2, 0) is 17.4 Å². The van der Waals surface area contributed by atoms with Crippen LogP contribution in [0.2, 0.25) is 5.02 Å². The first-order valence-corrected chi connectivity index (χ1v) is 14.1. The smallest absolute Gasteiger partial charge is 0.410 e. The van der Waals surface area contributed by atoms with Crippen LogP contribution in [0.3, 0.4) is 0 Å². The second kappa shape index (κ2) is 10.4. The van der Waals surface area contributed by atoms with E-state index in [1.165, 1.54) is 0 Å². The van der Waals surface area contributed by atoms with Crippen LogP contribution in [-0.4, -0.2) is 67.8 Å². The molecule has 2 aliphatic carbocycles. The van der Waals surface area contributed by atoms with E-state index in [0.717, 1.165) is 53.6 Å². The number of benzene rings is 1. The first-order valence-electron chi connectivity index (χ1n) is 13.7. The molecule has 0 bridgehead atoms. The third kappa shape index (κ3) is 4.86. The number of hydrogen-bond donors (Lipinski definition) is 1. The lowest BCUT2D eigenvalue weighted by Crippen LogP contribution is -2.50. The van der Waals surface area contributed by atoms with Gasteiger partial charge in [-0.3, -0.25) is 9.88 Å². The Labute approximate surface area is 233 Å². The number of nitrogens with zero attached hydrogens (tertiary/aromatic N) is 5. The van der Waals surface area contributed by atoms with E-state index in [1.54, 1.807) is 19.4 Å². The second-order valence-corrected chi connectivity index (χ2v) is 11.4. The van der Waals surface area contributed by atoms with Crippen molar-refractivity contribution in [1.82, 2.24) is 24.3 Å². The molecule has 9 heteroatoms. The molecular weight excluding hydrogens is 514 g/mol. The van der Waals surface area contributed by atoms with Gasteiger partial charge in [0, 0.05) is 44.4 Å². The van der Waals surface area contributed by atoms with Gasteiger partial charge in [0.1, 0.15) is 11.7 Å². The highest BCUT2D eigenvalue weighted by molar-refractivity contribution is 6.30. The number of amides is 1. The average Bonchev–Trinajstić information content (AvgIpc) is 3.58. The van der Waals surface area contributed by atoms with Crippen molar-refractivity contribution in [2.75, 3.05) is 26.2 Å². The van der Waals surface area contributed by atoms with Crippen molar-refractivity contribution in [3.05, 3.63) is 82.2 Å². The number of fused-ring (bicyclic) bond motifs is 2. The summed E-state index contributed by atoms with van der Waals surface area (Å²) in [7, 11) is 1.88. The lowest BCUT2D eigenvalue weighted by atomic mass is 9.84. The Balaban J connectivity index is 1.36. The molecule has 1 N–H and O–H groups in total. The number of hydrogen-bond acceptors (Lipinski definition) is 6. The van der Waals surface area contributed by atoms with E-state index in [4.69, 9.17) is 21.3 Å². The number of piperazine rings is 1. The lowest BCUT2D eigenvalue weighted by molar-refractivity contribution is 0.0433. The quantitative estimate of drug-likeness (QED) is 0.494. The van der Waals surface area contributed by atoms with Gasteiger partial charge in [0.25, 0.3) is 0 Å². The summed E-state index contributed by atoms with van der Waals surface area (Å²) in [4.78, 5) is 26.1. The number of imidazole rings is 1. The third-order valence-electron chi connectivity index (χ3n) is 8.38. The normalized spacial score (nSPS) is 21.5. The van der Waals surface area contributed by atoms with E-state index in [1.807, 2.05) is 59.1 Å². The van der Waals surface area contributed by atoms with Gasteiger partial charge in [-0.25, -0.2) is 9.78 Å². The number of pyridine rings is 1. The van der Waals surface area contributed by atoms with Gasteiger partial charge < -0.3 is 19.3 Å². The number of aromatic nitrogens is 3. The summed E-state index contributed by atoms with van der Waals surface area (Å²) in [5.74, 6) is 0. The van der Waals surface area contributed by atoms with Crippen molar-refractivity contribution in [2.24, 2.45) is 7.05 Å². The fourth-order valence-electron chi connectivity index (χ4n) is 6.28. The van der Waals surface area contributed by atoms with E-state index in [-0.39, 0.29) is 18.2 Å². The Kier molecular flexibility index (Phi) is 6.95. The van der Waals surface area contributed by atoms with Gasteiger partial charge in [-0.2, -0.15) is 0 Å². The zero-order valence-electron chi connectivity index (χ0n) is 22.4. The van der Waals surface area contributed by atoms with Gasteiger partial charge in [0.2, 0.25) is 0 Å². The fraction of sp³-hybridized carbons (Fsp3) is 0.433. The van der Waals surface area contributed by atoms with Crippen molar-refractivity contribution in [3.8, 4) is 0 Å². The third-order valence-corrected chi connectivity index (χ3v) is 8.61. The Morgan fingerprint density at radius 2 is 1.92 bits per heavy atom. The van der Waals surface area contributed by atoms with E-state index < -0.39 is 5.60 Å². The predicted octanol–water partition coefficient (Wildman–Crippen LogP) is 5.02. The van der Waals surface area contributed by atoms with Crippen LogP contribution in [0.4, 0.5) is 4.79 Å². The molecule has 39 heavy (non-hydrogen) atoms. The first kappa shape index (κ1) is 26.0. The van der Waals surface area contributed by atoms with Crippen LogP contribution < -0.4 is 0 Å². The van der Waals surface area contributed by atoms with E-state index in [0.29, 0.717) is 36.9 Å². The summed E-state index contributed by atoms with van der Waals surface area (Å²) >= 11 is 6.56. The molecule has 3 aliphatic rings. The fourth-order valence-corrected chi connectivity index (χ4v) is 6.46. The molecule has 1 saturated heterocycles. The zero-order chi connectivity index (χ0) is 27.1. The van der Waals surface area contributed by atoms with E-state index in [2.05, 4.69) is 9.88 Å². The van der Waals surface area contributed by atoms with Crippen LogP contribution in [0.15, 0.2) is 49.1 Å². The topological polar surface area (TPSA) is 83.7 Å². The van der Waals surface area contributed by atoms with Crippen molar-refractivity contribution in [2.45, 2.75) is 50.4 Å². The number of carbonyl (C=O) groups excluding carboxylic acids is 1. The summed E-state index contributed by atoms with van der Waals surface area (Å²) in [6, 6.07) is 9.66.